The molecule has 1 aromatic heterocycles. The zero-order valence-electron chi connectivity index (χ0n) is 11.7. The largest absolute Gasteiger partial charge is 0.384 e. The van der Waals surface area contributed by atoms with Crippen LogP contribution in [0, 0.1) is 17.0 Å². The third-order valence-corrected chi connectivity index (χ3v) is 3.18. The fourth-order valence-corrected chi connectivity index (χ4v) is 1.99. The van der Waals surface area contributed by atoms with E-state index in [4.69, 9.17) is 5.73 Å². The molecule has 2 aromatic rings. The van der Waals surface area contributed by atoms with E-state index in [-0.39, 0.29) is 17.8 Å². The number of nitrogens with zero attached hydrogens (tertiary/aromatic N) is 3. The van der Waals surface area contributed by atoms with E-state index in [0.717, 1.165) is 0 Å². The van der Waals surface area contributed by atoms with Crippen molar-refractivity contribution in [3.63, 3.8) is 0 Å². The minimum absolute atomic E-state index is 0.0601. The number of benzene rings is 1. The van der Waals surface area contributed by atoms with Crippen LogP contribution in [0.5, 0.6) is 0 Å². The number of hydrogen-bond donors (Lipinski definition) is 2. The first-order valence-electron chi connectivity index (χ1n) is 6.20. The number of hydrogen-bond acceptors (Lipinski definition) is 5. The highest BCUT2D eigenvalue weighted by Gasteiger charge is 2.22. The number of nitro benzene ring substituents is 1. The number of aryl methyl sites for hydroxylation is 2. The number of carbonyl (C=O) groups is 1. The first kappa shape index (κ1) is 14.5. The van der Waals surface area contributed by atoms with Crippen LogP contribution in [0.2, 0.25) is 0 Å². The third kappa shape index (κ3) is 2.83. The normalized spacial score (nSPS) is 10.4. The molecular weight excluding hydrogens is 274 g/mol. The van der Waals surface area contributed by atoms with Crippen LogP contribution in [0.25, 0.3) is 0 Å². The van der Waals surface area contributed by atoms with Gasteiger partial charge in [-0.05, 0) is 12.5 Å². The smallest absolute Gasteiger partial charge is 0.282 e. The summed E-state index contributed by atoms with van der Waals surface area (Å²) in [4.78, 5) is 22.6. The predicted octanol–water partition coefficient (Wildman–Crippen LogP) is 1.15. The molecule has 0 aliphatic heterocycles. The fraction of sp³-hybridized carbons (Fsp3) is 0.231. The highest BCUT2D eigenvalue weighted by Crippen LogP contribution is 2.21. The lowest BCUT2D eigenvalue weighted by molar-refractivity contribution is -0.385. The van der Waals surface area contributed by atoms with Gasteiger partial charge in [0.2, 0.25) is 0 Å². The van der Waals surface area contributed by atoms with Crippen LogP contribution >= 0.6 is 0 Å². The minimum atomic E-state index is -0.569. The maximum absolute atomic E-state index is 12.2. The number of carbonyl (C=O) groups excluding carboxylic acids is 1. The van der Waals surface area contributed by atoms with Gasteiger partial charge in [-0.25, -0.2) is 0 Å². The summed E-state index contributed by atoms with van der Waals surface area (Å²) in [5.74, 6) is -0.0716. The molecule has 0 unspecified atom stereocenters. The molecular formula is C13H15N5O3. The molecule has 1 aromatic carbocycles. The van der Waals surface area contributed by atoms with E-state index in [1.807, 2.05) is 0 Å². The van der Waals surface area contributed by atoms with E-state index in [1.54, 1.807) is 32.3 Å². The Bertz CT molecular complexity index is 708. The van der Waals surface area contributed by atoms with Crippen LogP contribution in [0.3, 0.4) is 0 Å². The minimum Gasteiger partial charge on any atom is -0.384 e. The second-order valence-electron chi connectivity index (χ2n) is 4.59. The average molecular weight is 289 g/mol. The van der Waals surface area contributed by atoms with Crippen LogP contribution in [0.4, 0.5) is 11.5 Å². The van der Waals surface area contributed by atoms with Crippen LogP contribution in [0.15, 0.2) is 24.4 Å². The highest BCUT2D eigenvalue weighted by molar-refractivity contribution is 5.99. The van der Waals surface area contributed by atoms with Crippen molar-refractivity contribution in [3.8, 4) is 0 Å². The van der Waals surface area contributed by atoms with Crippen LogP contribution in [0.1, 0.15) is 21.5 Å². The summed E-state index contributed by atoms with van der Waals surface area (Å²) in [5, 5.41) is 17.6. The number of rotatable bonds is 4. The molecule has 8 nitrogen and oxygen atoms in total. The monoisotopic (exact) mass is 289 g/mol. The number of anilines is 1. The molecule has 0 fully saturated rings. The molecule has 21 heavy (non-hydrogen) atoms. The zero-order chi connectivity index (χ0) is 15.6. The Balaban J connectivity index is 2.21. The van der Waals surface area contributed by atoms with E-state index in [0.29, 0.717) is 16.9 Å². The topological polar surface area (TPSA) is 116 Å². The molecule has 0 radical (unpaired) electrons. The van der Waals surface area contributed by atoms with E-state index >= 15 is 0 Å². The Morgan fingerprint density at radius 2 is 2.24 bits per heavy atom. The Kier molecular flexibility index (Phi) is 3.88. The van der Waals surface area contributed by atoms with E-state index in [1.165, 1.54) is 10.7 Å². The summed E-state index contributed by atoms with van der Waals surface area (Å²) >= 11 is 0. The van der Waals surface area contributed by atoms with Crippen molar-refractivity contribution in [2.75, 3.05) is 5.73 Å². The molecule has 3 N–H and O–H groups in total. The van der Waals surface area contributed by atoms with Gasteiger partial charge in [-0.15, -0.1) is 0 Å². The van der Waals surface area contributed by atoms with Crippen molar-refractivity contribution in [1.29, 1.82) is 0 Å². The molecule has 1 amide bonds. The van der Waals surface area contributed by atoms with Gasteiger partial charge >= 0.3 is 0 Å². The standard InChI is InChI=1S/C13H15N5O3/c1-8-4-3-5-10(18(20)21)11(8)13(19)15-6-9-7-16-17(2)12(9)14/h3-5,7H,6,14H2,1-2H3,(H,15,19). The Morgan fingerprint density at radius 3 is 2.81 bits per heavy atom. The lowest BCUT2D eigenvalue weighted by Crippen LogP contribution is -2.25. The molecule has 0 aliphatic rings. The van der Waals surface area contributed by atoms with E-state index in [9.17, 15) is 14.9 Å². The predicted molar refractivity (Wildman–Crippen MR) is 76.6 cm³/mol. The van der Waals surface area contributed by atoms with Crippen molar-refractivity contribution in [1.82, 2.24) is 15.1 Å². The van der Waals surface area contributed by atoms with Gasteiger partial charge in [-0.2, -0.15) is 5.10 Å². The van der Waals surface area contributed by atoms with Gasteiger partial charge in [-0.3, -0.25) is 19.6 Å². The lowest BCUT2D eigenvalue weighted by Gasteiger charge is -2.08. The van der Waals surface area contributed by atoms with E-state index < -0.39 is 10.8 Å². The Labute approximate surface area is 120 Å². The van der Waals surface area contributed by atoms with Gasteiger partial charge < -0.3 is 11.1 Å². The van der Waals surface area contributed by atoms with Crippen molar-refractivity contribution in [2.45, 2.75) is 13.5 Å². The number of aromatic nitrogens is 2. The van der Waals surface area contributed by atoms with Crippen molar-refractivity contribution >= 4 is 17.4 Å². The maximum atomic E-state index is 12.2. The first-order chi connectivity index (χ1) is 9.91. The van der Waals surface area contributed by atoms with Crippen molar-refractivity contribution in [2.24, 2.45) is 7.05 Å². The summed E-state index contributed by atoms with van der Waals surface area (Å²) in [6.45, 7) is 1.81. The quantitative estimate of drug-likeness (QED) is 0.647. The summed E-state index contributed by atoms with van der Waals surface area (Å²) in [6.07, 6.45) is 1.54. The average Bonchev–Trinajstić information content (AvgIpc) is 2.76. The fourth-order valence-electron chi connectivity index (χ4n) is 1.99. The summed E-state index contributed by atoms with van der Waals surface area (Å²) < 4.78 is 1.48. The van der Waals surface area contributed by atoms with Crippen LogP contribution in [-0.4, -0.2) is 20.6 Å². The van der Waals surface area contributed by atoms with Gasteiger partial charge in [0.1, 0.15) is 11.4 Å². The SMILES string of the molecule is Cc1cccc([N+](=O)[O-])c1C(=O)NCc1cnn(C)c1N. The van der Waals surface area contributed by atoms with Crippen molar-refractivity contribution < 1.29 is 9.72 Å². The summed E-state index contributed by atoms with van der Waals surface area (Å²) in [5.41, 5.74) is 6.82. The first-order valence-corrected chi connectivity index (χ1v) is 6.20. The second-order valence-corrected chi connectivity index (χ2v) is 4.59. The molecule has 0 spiro atoms. The van der Waals surface area contributed by atoms with Gasteiger partial charge in [0.05, 0.1) is 11.1 Å². The Morgan fingerprint density at radius 1 is 1.52 bits per heavy atom. The molecule has 0 bridgehead atoms. The number of nitrogen functional groups attached to an aromatic ring is 1. The van der Waals surface area contributed by atoms with Gasteiger partial charge in [0, 0.05) is 25.2 Å². The molecule has 8 heteroatoms. The Hall–Kier alpha value is -2.90. The van der Waals surface area contributed by atoms with Gasteiger partial charge in [0.25, 0.3) is 11.6 Å². The summed E-state index contributed by atoms with van der Waals surface area (Å²) in [6, 6.07) is 4.50. The zero-order valence-corrected chi connectivity index (χ0v) is 11.7. The van der Waals surface area contributed by atoms with Gasteiger partial charge in [-0.1, -0.05) is 12.1 Å². The summed E-state index contributed by atoms with van der Waals surface area (Å²) in [7, 11) is 1.69. The highest BCUT2D eigenvalue weighted by atomic mass is 16.6. The molecule has 1 heterocycles. The third-order valence-electron chi connectivity index (χ3n) is 3.18. The number of nitrogens with two attached hydrogens (primary N) is 1. The van der Waals surface area contributed by atoms with Crippen LogP contribution < -0.4 is 11.1 Å². The number of nitro groups is 1. The van der Waals surface area contributed by atoms with Crippen molar-refractivity contribution in [3.05, 3.63) is 51.2 Å². The number of amides is 1. The maximum Gasteiger partial charge on any atom is 0.282 e. The molecule has 0 atom stereocenters. The number of nitrogens with one attached hydrogen (secondary N) is 1. The molecule has 0 saturated carbocycles. The molecule has 110 valence electrons. The van der Waals surface area contributed by atoms with Gasteiger partial charge in [0.15, 0.2) is 0 Å². The van der Waals surface area contributed by atoms with E-state index in [2.05, 4.69) is 10.4 Å². The second kappa shape index (κ2) is 5.61. The molecule has 0 saturated heterocycles. The molecule has 2 rings (SSSR count). The molecule has 0 aliphatic carbocycles. The lowest BCUT2D eigenvalue weighted by atomic mass is 10.1. The van der Waals surface area contributed by atoms with Crippen LogP contribution in [-0.2, 0) is 13.6 Å².